The molecule has 1 saturated carbocycles. The minimum Gasteiger partial charge on any atom is -0.468 e. The van der Waals surface area contributed by atoms with Crippen molar-refractivity contribution in [3.63, 3.8) is 0 Å². The van der Waals surface area contributed by atoms with Gasteiger partial charge in [-0.3, -0.25) is 9.69 Å². The lowest BCUT2D eigenvalue weighted by Crippen LogP contribution is -2.46. The summed E-state index contributed by atoms with van der Waals surface area (Å²) in [4.78, 5) is 13.5. The van der Waals surface area contributed by atoms with Crippen LogP contribution in [0.25, 0.3) is 0 Å². The van der Waals surface area contributed by atoms with Crippen LogP contribution in [-0.4, -0.2) is 43.2 Å². The number of nitrogens with two attached hydrogens (primary N) is 1. The van der Waals surface area contributed by atoms with Crippen molar-refractivity contribution in [2.75, 3.05) is 20.2 Å². The average molecular weight is 214 g/mol. The highest BCUT2D eigenvalue weighted by molar-refractivity contribution is 5.75. The van der Waals surface area contributed by atoms with E-state index in [9.17, 15) is 4.79 Å². The van der Waals surface area contributed by atoms with Crippen LogP contribution in [-0.2, 0) is 9.53 Å². The van der Waals surface area contributed by atoms with Gasteiger partial charge in [0.1, 0.15) is 6.04 Å². The highest BCUT2D eigenvalue weighted by Crippen LogP contribution is 2.30. The molecule has 0 amide bonds. The summed E-state index contributed by atoms with van der Waals surface area (Å²) >= 11 is 0. The first-order valence-electron chi connectivity index (χ1n) is 5.62. The molecule has 4 heteroatoms. The van der Waals surface area contributed by atoms with E-state index in [0.29, 0.717) is 12.6 Å². The molecule has 0 aromatic heterocycles. The summed E-state index contributed by atoms with van der Waals surface area (Å²) in [6, 6.07) is -0.0857. The third kappa shape index (κ3) is 4.18. The van der Waals surface area contributed by atoms with Crippen LogP contribution in [0.4, 0.5) is 0 Å². The molecule has 1 aliphatic rings. The Morgan fingerprint density at radius 1 is 1.53 bits per heavy atom. The van der Waals surface area contributed by atoms with E-state index in [1.807, 2.05) is 0 Å². The number of hydrogen-bond donors (Lipinski definition) is 1. The molecule has 2 N–H and O–H groups in total. The van der Waals surface area contributed by atoms with Crippen molar-refractivity contribution in [1.29, 1.82) is 0 Å². The van der Waals surface area contributed by atoms with Crippen molar-refractivity contribution in [2.24, 2.45) is 11.7 Å². The number of methoxy groups -OCH3 is 1. The molecule has 0 saturated heterocycles. The molecule has 0 bridgehead atoms. The maximum Gasteiger partial charge on any atom is 0.323 e. The van der Waals surface area contributed by atoms with Crippen LogP contribution >= 0.6 is 0 Å². The molecule has 0 aromatic rings. The molecular formula is C11H22N2O2. The quantitative estimate of drug-likeness (QED) is 0.658. The second kappa shape index (κ2) is 5.47. The topological polar surface area (TPSA) is 55.6 Å². The Morgan fingerprint density at radius 3 is 2.53 bits per heavy atom. The Hall–Kier alpha value is -0.610. The summed E-state index contributed by atoms with van der Waals surface area (Å²) in [7, 11) is 1.38. The summed E-state index contributed by atoms with van der Waals surface area (Å²) in [5.41, 5.74) is 5.75. The van der Waals surface area contributed by atoms with E-state index in [1.54, 1.807) is 0 Å². The zero-order chi connectivity index (χ0) is 11.4. The fourth-order valence-corrected chi connectivity index (χ4v) is 1.61. The Balaban J connectivity index is 2.38. The number of rotatable bonds is 6. The van der Waals surface area contributed by atoms with Crippen LogP contribution < -0.4 is 5.73 Å². The van der Waals surface area contributed by atoms with E-state index in [4.69, 9.17) is 5.73 Å². The second-order valence-corrected chi connectivity index (χ2v) is 4.62. The maximum atomic E-state index is 11.2. The van der Waals surface area contributed by atoms with Crippen LogP contribution in [0, 0.1) is 5.92 Å². The molecule has 1 fully saturated rings. The molecule has 1 aliphatic carbocycles. The van der Waals surface area contributed by atoms with Gasteiger partial charge < -0.3 is 10.5 Å². The van der Waals surface area contributed by atoms with Gasteiger partial charge in [-0.25, -0.2) is 0 Å². The minimum absolute atomic E-state index is 0.323. The first-order chi connectivity index (χ1) is 7.04. The van der Waals surface area contributed by atoms with E-state index < -0.39 is 6.04 Å². The molecule has 0 spiro atoms. The van der Waals surface area contributed by atoms with E-state index in [-0.39, 0.29) is 5.97 Å². The number of esters is 1. The fraction of sp³-hybridized carbons (Fsp3) is 0.909. The number of carbonyl (C=O) groups excluding carboxylic acids is 1. The fourth-order valence-electron chi connectivity index (χ4n) is 1.61. The molecule has 1 rings (SSSR count). The SMILES string of the molecule is COC(=O)C(N)CN(CC1CC1)C(C)C. The molecule has 15 heavy (non-hydrogen) atoms. The lowest BCUT2D eigenvalue weighted by atomic mass is 10.2. The number of nitrogens with zero attached hydrogens (tertiary/aromatic N) is 1. The first kappa shape index (κ1) is 12.5. The van der Waals surface area contributed by atoms with E-state index in [1.165, 1.54) is 20.0 Å². The molecular weight excluding hydrogens is 192 g/mol. The van der Waals surface area contributed by atoms with E-state index in [2.05, 4.69) is 23.5 Å². The Bertz CT molecular complexity index is 215. The summed E-state index contributed by atoms with van der Waals surface area (Å²) in [5, 5.41) is 0. The smallest absolute Gasteiger partial charge is 0.323 e. The van der Waals surface area contributed by atoms with Gasteiger partial charge in [0.15, 0.2) is 0 Å². The molecule has 1 atom stereocenters. The van der Waals surface area contributed by atoms with Gasteiger partial charge in [-0.1, -0.05) is 0 Å². The zero-order valence-corrected chi connectivity index (χ0v) is 9.90. The number of ether oxygens (including phenoxy) is 1. The molecule has 0 aromatic carbocycles. The van der Waals surface area contributed by atoms with Crippen LogP contribution in [0.2, 0.25) is 0 Å². The first-order valence-corrected chi connectivity index (χ1v) is 5.62. The zero-order valence-electron chi connectivity index (χ0n) is 9.90. The highest BCUT2D eigenvalue weighted by Gasteiger charge is 2.27. The standard InChI is InChI=1S/C11H22N2O2/c1-8(2)13(6-9-4-5-9)7-10(12)11(14)15-3/h8-10H,4-7,12H2,1-3H3. The molecule has 0 aliphatic heterocycles. The molecule has 1 unspecified atom stereocenters. The van der Waals surface area contributed by atoms with Crippen LogP contribution in [0.15, 0.2) is 0 Å². The van der Waals surface area contributed by atoms with Crippen LogP contribution in [0.1, 0.15) is 26.7 Å². The van der Waals surface area contributed by atoms with Crippen molar-refractivity contribution in [1.82, 2.24) is 4.90 Å². The van der Waals surface area contributed by atoms with Gasteiger partial charge in [-0.05, 0) is 32.6 Å². The summed E-state index contributed by atoms with van der Waals surface area (Å²) < 4.78 is 4.62. The predicted octanol–water partition coefficient (Wildman–Crippen LogP) is 0.607. The normalized spacial score (nSPS) is 18.3. The third-order valence-electron chi connectivity index (χ3n) is 2.86. The van der Waals surface area contributed by atoms with Crippen molar-refractivity contribution >= 4 is 5.97 Å². The maximum absolute atomic E-state index is 11.2. The lowest BCUT2D eigenvalue weighted by Gasteiger charge is -2.28. The summed E-state index contributed by atoms with van der Waals surface area (Å²) in [5.74, 6) is 0.494. The van der Waals surface area contributed by atoms with Crippen molar-refractivity contribution in [3.05, 3.63) is 0 Å². The monoisotopic (exact) mass is 214 g/mol. The highest BCUT2D eigenvalue weighted by atomic mass is 16.5. The summed E-state index contributed by atoms with van der Waals surface area (Å²) in [6.07, 6.45) is 2.63. The number of hydrogen-bond acceptors (Lipinski definition) is 4. The van der Waals surface area contributed by atoms with Crippen LogP contribution in [0.3, 0.4) is 0 Å². The van der Waals surface area contributed by atoms with Gasteiger partial charge in [0.25, 0.3) is 0 Å². The Kier molecular flexibility index (Phi) is 4.54. The average Bonchev–Trinajstić information content (AvgIpc) is 2.99. The summed E-state index contributed by atoms with van der Waals surface area (Å²) in [6.45, 7) is 5.92. The minimum atomic E-state index is -0.517. The van der Waals surface area contributed by atoms with Gasteiger partial charge in [-0.15, -0.1) is 0 Å². The third-order valence-corrected chi connectivity index (χ3v) is 2.86. The largest absolute Gasteiger partial charge is 0.468 e. The second-order valence-electron chi connectivity index (χ2n) is 4.62. The Labute approximate surface area is 91.8 Å². The number of carbonyl (C=O) groups is 1. The molecule has 0 heterocycles. The Morgan fingerprint density at radius 2 is 2.13 bits per heavy atom. The molecule has 88 valence electrons. The van der Waals surface area contributed by atoms with Crippen molar-refractivity contribution in [3.8, 4) is 0 Å². The van der Waals surface area contributed by atoms with Crippen molar-refractivity contribution < 1.29 is 9.53 Å². The lowest BCUT2D eigenvalue weighted by molar-refractivity contribution is -0.142. The van der Waals surface area contributed by atoms with Gasteiger partial charge in [-0.2, -0.15) is 0 Å². The van der Waals surface area contributed by atoms with Gasteiger partial charge in [0, 0.05) is 19.1 Å². The van der Waals surface area contributed by atoms with Gasteiger partial charge in [0.05, 0.1) is 7.11 Å². The molecule has 4 nitrogen and oxygen atoms in total. The van der Waals surface area contributed by atoms with Crippen LogP contribution in [0.5, 0.6) is 0 Å². The van der Waals surface area contributed by atoms with Gasteiger partial charge >= 0.3 is 5.97 Å². The molecule has 0 radical (unpaired) electrons. The predicted molar refractivity (Wildman–Crippen MR) is 59.4 cm³/mol. The van der Waals surface area contributed by atoms with Crippen molar-refractivity contribution in [2.45, 2.75) is 38.8 Å². The van der Waals surface area contributed by atoms with E-state index >= 15 is 0 Å². The van der Waals surface area contributed by atoms with Gasteiger partial charge in [0.2, 0.25) is 0 Å². The van der Waals surface area contributed by atoms with E-state index in [0.717, 1.165) is 12.5 Å².